The number of hydrogen-bond acceptors (Lipinski definition) is 4. The van der Waals surface area contributed by atoms with Gasteiger partial charge in [-0.1, -0.05) is 17.7 Å². The molecule has 3 rings (SSSR count). The minimum atomic E-state index is -3.81. The van der Waals surface area contributed by atoms with Crippen molar-refractivity contribution in [1.82, 2.24) is 4.98 Å². The molecule has 7 heteroatoms. The maximum Gasteiger partial charge on any atom is 0.417 e. The van der Waals surface area contributed by atoms with Crippen molar-refractivity contribution in [2.24, 2.45) is 0 Å². The molecule has 2 N–H and O–H groups in total. The number of aromatic nitrogens is 1. The Hall–Kier alpha value is -2.54. The third-order valence-electron chi connectivity index (χ3n) is 3.92. The summed E-state index contributed by atoms with van der Waals surface area (Å²) in [4.78, 5) is 13.9. The van der Waals surface area contributed by atoms with Crippen molar-refractivity contribution in [2.45, 2.75) is 32.6 Å². The van der Waals surface area contributed by atoms with Crippen LogP contribution in [0.3, 0.4) is 0 Å². The molecule has 0 bridgehead atoms. The number of sulfonamides is 1. The Morgan fingerprint density at radius 1 is 0.958 bits per heavy atom. The maximum absolute atomic E-state index is 12.8. The molecule has 3 aromatic rings. The molecule has 0 spiro atoms. The van der Waals surface area contributed by atoms with E-state index in [0.717, 1.165) is 16.7 Å². The Morgan fingerprint density at radius 2 is 1.58 bits per heavy atom. The maximum atomic E-state index is 12.8. The fourth-order valence-corrected chi connectivity index (χ4v) is 4.35. The molecule has 0 unspecified atom stereocenters. The lowest BCUT2D eigenvalue weighted by Crippen LogP contribution is -2.16. The largest absolute Gasteiger partial charge is 0.417 e. The van der Waals surface area contributed by atoms with Gasteiger partial charge in [-0.2, -0.15) is 0 Å². The quantitative estimate of drug-likeness (QED) is 0.762. The highest BCUT2D eigenvalue weighted by Crippen LogP contribution is 2.27. The fourth-order valence-electron chi connectivity index (χ4n) is 2.91. The summed E-state index contributed by atoms with van der Waals surface area (Å²) < 4.78 is 33.3. The van der Waals surface area contributed by atoms with Crippen LogP contribution in [0.15, 0.2) is 38.4 Å². The first-order valence-corrected chi connectivity index (χ1v) is 8.90. The Morgan fingerprint density at radius 3 is 2.21 bits per heavy atom. The smallest absolute Gasteiger partial charge is 0.408 e. The van der Waals surface area contributed by atoms with Crippen LogP contribution in [0.1, 0.15) is 22.3 Å². The molecule has 126 valence electrons. The molecule has 6 nitrogen and oxygen atoms in total. The van der Waals surface area contributed by atoms with Gasteiger partial charge >= 0.3 is 5.76 Å². The van der Waals surface area contributed by atoms with Gasteiger partial charge in [-0.05, 0) is 50.5 Å². The molecule has 0 radical (unpaired) electrons. The average Bonchev–Trinajstić information content (AvgIpc) is 2.81. The van der Waals surface area contributed by atoms with Gasteiger partial charge in [0, 0.05) is 6.07 Å². The van der Waals surface area contributed by atoms with Crippen molar-refractivity contribution >= 4 is 26.8 Å². The standard InChI is InChI=1S/C17H18N2O4S/c1-9-5-11(3)16(12(4)6-9)19-24(21,22)15-8-14-13(7-10(15)2)18-17(20)23-14/h5-8,19H,1-4H3,(H,18,20). The van der Waals surface area contributed by atoms with Gasteiger partial charge in [0.15, 0.2) is 5.58 Å². The summed E-state index contributed by atoms with van der Waals surface area (Å²) >= 11 is 0. The number of hydrogen-bond donors (Lipinski definition) is 2. The number of nitrogens with one attached hydrogen (secondary N) is 2. The molecule has 1 heterocycles. The lowest BCUT2D eigenvalue weighted by molar-refractivity contribution is 0.554. The van der Waals surface area contributed by atoms with E-state index < -0.39 is 15.8 Å². The van der Waals surface area contributed by atoms with E-state index in [9.17, 15) is 13.2 Å². The summed E-state index contributed by atoms with van der Waals surface area (Å²) in [5, 5.41) is 0. The first kappa shape index (κ1) is 16.3. The van der Waals surface area contributed by atoms with Crippen LogP contribution in [0.4, 0.5) is 5.69 Å². The second-order valence-corrected chi connectivity index (χ2v) is 7.66. The van der Waals surface area contributed by atoms with Gasteiger partial charge in [-0.3, -0.25) is 9.71 Å². The first-order chi connectivity index (χ1) is 11.2. The average molecular weight is 346 g/mol. The molecule has 0 fully saturated rings. The molecule has 0 saturated heterocycles. The summed E-state index contributed by atoms with van der Waals surface area (Å²) in [7, 11) is -3.81. The third-order valence-corrected chi connectivity index (χ3v) is 5.41. The monoisotopic (exact) mass is 346 g/mol. The zero-order valence-electron chi connectivity index (χ0n) is 13.9. The number of fused-ring (bicyclic) bond motifs is 1. The van der Waals surface area contributed by atoms with Crippen LogP contribution >= 0.6 is 0 Å². The topological polar surface area (TPSA) is 92.2 Å². The Labute approximate surface area is 139 Å². The Kier molecular flexibility index (Phi) is 3.76. The number of anilines is 1. The second-order valence-electron chi connectivity index (χ2n) is 6.01. The van der Waals surface area contributed by atoms with Crippen LogP contribution < -0.4 is 10.5 Å². The van der Waals surface area contributed by atoms with Gasteiger partial charge in [-0.15, -0.1) is 0 Å². The van der Waals surface area contributed by atoms with E-state index in [1.165, 1.54) is 6.07 Å². The van der Waals surface area contributed by atoms with Crippen molar-refractivity contribution in [3.63, 3.8) is 0 Å². The highest BCUT2D eigenvalue weighted by atomic mass is 32.2. The normalized spacial score (nSPS) is 11.8. The highest BCUT2D eigenvalue weighted by molar-refractivity contribution is 7.92. The van der Waals surface area contributed by atoms with Crippen LogP contribution in [-0.4, -0.2) is 13.4 Å². The molecule has 0 amide bonds. The predicted molar refractivity (Wildman–Crippen MR) is 93.0 cm³/mol. The van der Waals surface area contributed by atoms with Crippen molar-refractivity contribution < 1.29 is 12.8 Å². The summed E-state index contributed by atoms with van der Waals surface area (Å²) in [5.74, 6) is -0.614. The number of aromatic amines is 1. The zero-order valence-corrected chi connectivity index (χ0v) is 14.7. The van der Waals surface area contributed by atoms with E-state index in [4.69, 9.17) is 4.42 Å². The van der Waals surface area contributed by atoms with Gasteiger partial charge in [-0.25, -0.2) is 13.2 Å². The van der Waals surface area contributed by atoms with E-state index in [1.807, 2.05) is 32.9 Å². The van der Waals surface area contributed by atoms with Crippen molar-refractivity contribution in [2.75, 3.05) is 4.72 Å². The summed E-state index contributed by atoms with van der Waals surface area (Å²) in [5.41, 5.74) is 4.54. The summed E-state index contributed by atoms with van der Waals surface area (Å²) in [6, 6.07) is 6.80. The second kappa shape index (κ2) is 5.52. The molecular formula is C17H18N2O4S. The zero-order chi connectivity index (χ0) is 17.6. The number of H-pyrrole nitrogens is 1. The molecule has 2 aromatic carbocycles. The SMILES string of the molecule is Cc1cc(C)c(NS(=O)(=O)c2cc3oc(=O)[nH]c3cc2C)c(C)c1. The van der Waals surface area contributed by atoms with E-state index in [1.54, 1.807) is 13.0 Å². The van der Waals surface area contributed by atoms with E-state index >= 15 is 0 Å². The van der Waals surface area contributed by atoms with E-state index in [-0.39, 0.29) is 10.5 Å². The van der Waals surface area contributed by atoms with Crippen LogP contribution in [-0.2, 0) is 10.0 Å². The van der Waals surface area contributed by atoms with Gasteiger partial charge in [0.25, 0.3) is 10.0 Å². The molecule has 1 aromatic heterocycles. The number of rotatable bonds is 3. The molecule has 0 atom stereocenters. The Bertz CT molecular complexity index is 1080. The summed E-state index contributed by atoms with van der Waals surface area (Å²) in [6.07, 6.45) is 0. The lowest BCUT2D eigenvalue weighted by atomic mass is 10.1. The van der Waals surface area contributed by atoms with Crippen LogP contribution in [0.5, 0.6) is 0 Å². The van der Waals surface area contributed by atoms with Crippen LogP contribution in [0.25, 0.3) is 11.1 Å². The highest BCUT2D eigenvalue weighted by Gasteiger charge is 2.21. The Balaban J connectivity index is 2.12. The predicted octanol–water partition coefficient (Wildman–Crippen LogP) is 3.16. The van der Waals surface area contributed by atoms with Crippen molar-refractivity contribution in [1.29, 1.82) is 0 Å². The van der Waals surface area contributed by atoms with Gasteiger partial charge in [0.05, 0.1) is 16.1 Å². The van der Waals surface area contributed by atoms with Gasteiger partial charge in [0.2, 0.25) is 0 Å². The fraction of sp³-hybridized carbons (Fsp3) is 0.235. The molecule has 0 aliphatic heterocycles. The van der Waals surface area contributed by atoms with Gasteiger partial charge in [0.1, 0.15) is 0 Å². The minimum Gasteiger partial charge on any atom is -0.408 e. The third kappa shape index (κ3) is 2.82. The number of benzene rings is 2. The van der Waals surface area contributed by atoms with Crippen LogP contribution in [0.2, 0.25) is 0 Å². The minimum absolute atomic E-state index is 0.0807. The van der Waals surface area contributed by atoms with Gasteiger partial charge < -0.3 is 4.42 Å². The van der Waals surface area contributed by atoms with E-state index in [0.29, 0.717) is 16.8 Å². The first-order valence-electron chi connectivity index (χ1n) is 7.41. The molecular weight excluding hydrogens is 328 g/mol. The number of aryl methyl sites for hydroxylation is 4. The lowest BCUT2D eigenvalue weighted by Gasteiger charge is -2.15. The van der Waals surface area contributed by atoms with Crippen molar-refractivity contribution in [3.05, 3.63) is 57.1 Å². The molecule has 0 aliphatic carbocycles. The molecule has 0 saturated carbocycles. The molecule has 0 aliphatic rings. The molecule has 24 heavy (non-hydrogen) atoms. The van der Waals surface area contributed by atoms with Crippen LogP contribution in [0, 0.1) is 27.7 Å². The number of oxazole rings is 1. The van der Waals surface area contributed by atoms with E-state index in [2.05, 4.69) is 9.71 Å². The van der Waals surface area contributed by atoms with Crippen molar-refractivity contribution in [3.8, 4) is 0 Å². The summed E-state index contributed by atoms with van der Waals surface area (Å²) in [6.45, 7) is 7.36.